The molecule has 2 heterocycles. The Morgan fingerprint density at radius 1 is 1.21 bits per heavy atom. The fourth-order valence-electron chi connectivity index (χ4n) is 1.29. The van der Waals surface area contributed by atoms with Gasteiger partial charge in [-0.1, -0.05) is 33.8 Å². The highest BCUT2D eigenvalue weighted by Crippen LogP contribution is 2.17. The van der Waals surface area contributed by atoms with Crippen molar-refractivity contribution in [2.24, 2.45) is 0 Å². The molecule has 0 spiro atoms. The lowest BCUT2D eigenvalue weighted by atomic mass is 10.1. The number of nitrogens with zero attached hydrogens (tertiary/aromatic N) is 1. The van der Waals surface area contributed by atoms with Crippen molar-refractivity contribution in [3.8, 4) is 0 Å². The van der Waals surface area contributed by atoms with E-state index in [4.69, 9.17) is 0 Å². The zero-order valence-electron chi connectivity index (χ0n) is 9.80. The Balaban J connectivity index is 0.000000379. The molecule has 0 aromatic carbocycles. The van der Waals surface area contributed by atoms with Gasteiger partial charge in [-0.3, -0.25) is 0 Å². The molecule has 0 radical (unpaired) electrons. The van der Waals surface area contributed by atoms with E-state index in [1.54, 1.807) is 0 Å². The van der Waals surface area contributed by atoms with Gasteiger partial charge < -0.3 is 5.32 Å². The number of pyridine rings is 1. The number of hydrogen-bond donors (Lipinski definition) is 1. The fourth-order valence-corrected chi connectivity index (χ4v) is 1.29. The summed E-state index contributed by atoms with van der Waals surface area (Å²) < 4.78 is 0. The van der Waals surface area contributed by atoms with Crippen LogP contribution < -0.4 is 5.32 Å². The highest BCUT2D eigenvalue weighted by atomic mass is 15.0. The highest BCUT2D eigenvalue weighted by Gasteiger charge is 2.06. The lowest BCUT2D eigenvalue weighted by Crippen LogP contribution is -2.12. The van der Waals surface area contributed by atoms with Crippen LogP contribution in [0.25, 0.3) is 0 Å². The van der Waals surface area contributed by atoms with Crippen molar-refractivity contribution in [2.75, 3.05) is 11.9 Å². The molecule has 2 heteroatoms. The van der Waals surface area contributed by atoms with Gasteiger partial charge in [-0.25, -0.2) is 4.98 Å². The summed E-state index contributed by atoms with van der Waals surface area (Å²) in [5.41, 5.74) is 1.36. The minimum Gasteiger partial charge on any atom is -0.370 e. The van der Waals surface area contributed by atoms with Gasteiger partial charge in [-0.2, -0.15) is 0 Å². The van der Waals surface area contributed by atoms with Crippen molar-refractivity contribution in [1.29, 1.82) is 0 Å². The summed E-state index contributed by atoms with van der Waals surface area (Å²) in [7, 11) is 0. The molecule has 2 nitrogen and oxygen atoms in total. The van der Waals surface area contributed by atoms with Crippen LogP contribution >= 0.6 is 0 Å². The van der Waals surface area contributed by atoms with Gasteiger partial charge in [0.05, 0.1) is 0 Å². The van der Waals surface area contributed by atoms with Gasteiger partial charge in [0, 0.05) is 12.7 Å². The first kappa shape index (κ1) is 12.9. The van der Waals surface area contributed by atoms with E-state index >= 15 is 0 Å². The molecule has 0 atom stereocenters. The molecule has 2 rings (SSSR count). The molecular weight excluding hydrogens is 172 g/mol. The third kappa shape index (κ3) is 3.77. The Bertz CT molecular complexity index is 209. The molecule has 1 aromatic rings. The summed E-state index contributed by atoms with van der Waals surface area (Å²) in [6, 6.07) is 4.13. The zero-order valence-corrected chi connectivity index (χ0v) is 9.80. The van der Waals surface area contributed by atoms with Gasteiger partial charge in [-0.15, -0.1) is 0 Å². The molecule has 80 valence electrons. The van der Waals surface area contributed by atoms with Crippen LogP contribution in [0.15, 0.2) is 18.3 Å². The second-order valence-electron chi connectivity index (χ2n) is 2.54. The van der Waals surface area contributed by atoms with E-state index < -0.39 is 0 Å². The fraction of sp³-hybridized carbons (Fsp3) is 0.583. The standard InChI is InChI=1S/C8H10N2.2C2H6/c1-3-7-4-2-6-10-8(7)9-5-1;2*1-2/h1,3,5H,2,4,6H2,(H,9,10);2*1-2H3. The lowest BCUT2D eigenvalue weighted by molar-refractivity contribution is 0.818. The van der Waals surface area contributed by atoms with Crippen molar-refractivity contribution < 1.29 is 0 Å². The average Bonchev–Trinajstić information content (AvgIpc) is 2.34. The van der Waals surface area contributed by atoms with Gasteiger partial charge in [-0.05, 0) is 24.5 Å². The Hall–Kier alpha value is -1.05. The maximum absolute atomic E-state index is 4.21. The van der Waals surface area contributed by atoms with Crippen LogP contribution in [0.4, 0.5) is 5.82 Å². The van der Waals surface area contributed by atoms with Gasteiger partial charge in [0.25, 0.3) is 0 Å². The Kier molecular flexibility index (Phi) is 7.90. The SMILES string of the molecule is CC.CC.c1cnc2c(c1)CCCN2. The molecule has 0 aliphatic carbocycles. The molecule has 0 saturated carbocycles. The molecule has 1 aliphatic heterocycles. The van der Waals surface area contributed by atoms with E-state index in [0.717, 1.165) is 12.4 Å². The maximum Gasteiger partial charge on any atom is 0.129 e. The summed E-state index contributed by atoms with van der Waals surface area (Å²) in [6.45, 7) is 9.07. The molecule has 0 amide bonds. The van der Waals surface area contributed by atoms with E-state index in [1.165, 1.54) is 18.4 Å². The Morgan fingerprint density at radius 2 is 1.93 bits per heavy atom. The van der Waals surface area contributed by atoms with E-state index in [-0.39, 0.29) is 0 Å². The van der Waals surface area contributed by atoms with Crippen molar-refractivity contribution in [3.63, 3.8) is 0 Å². The third-order valence-electron chi connectivity index (χ3n) is 1.81. The summed E-state index contributed by atoms with van der Waals surface area (Å²) in [6.07, 6.45) is 4.24. The van der Waals surface area contributed by atoms with Crippen LogP contribution in [-0.2, 0) is 6.42 Å². The monoisotopic (exact) mass is 194 g/mol. The van der Waals surface area contributed by atoms with E-state index in [2.05, 4.69) is 16.4 Å². The summed E-state index contributed by atoms with van der Waals surface area (Å²) in [5, 5.41) is 3.25. The highest BCUT2D eigenvalue weighted by molar-refractivity contribution is 5.45. The molecule has 1 N–H and O–H groups in total. The van der Waals surface area contributed by atoms with Crippen molar-refractivity contribution in [1.82, 2.24) is 4.98 Å². The number of rotatable bonds is 0. The normalized spacial score (nSPS) is 12.0. The predicted molar refractivity (Wildman–Crippen MR) is 63.7 cm³/mol. The minimum atomic E-state index is 1.07. The smallest absolute Gasteiger partial charge is 0.129 e. The summed E-state index contributed by atoms with van der Waals surface area (Å²) in [5.74, 6) is 1.08. The van der Waals surface area contributed by atoms with Crippen LogP contribution in [0.3, 0.4) is 0 Å². The van der Waals surface area contributed by atoms with Crippen LogP contribution in [0.5, 0.6) is 0 Å². The minimum absolute atomic E-state index is 1.07. The number of fused-ring (bicyclic) bond motifs is 1. The van der Waals surface area contributed by atoms with E-state index in [0.29, 0.717) is 0 Å². The topological polar surface area (TPSA) is 24.9 Å². The number of aromatic nitrogens is 1. The summed E-state index contributed by atoms with van der Waals surface area (Å²) >= 11 is 0. The summed E-state index contributed by atoms with van der Waals surface area (Å²) in [4.78, 5) is 4.21. The number of anilines is 1. The molecular formula is C12H22N2. The van der Waals surface area contributed by atoms with Crippen LogP contribution in [0.2, 0.25) is 0 Å². The Morgan fingerprint density at radius 3 is 2.57 bits per heavy atom. The van der Waals surface area contributed by atoms with Crippen molar-refractivity contribution >= 4 is 5.82 Å². The second-order valence-corrected chi connectivity index (χ2v) is 2.54. The molecule has 1 aromatic heterocycles. The first-order chi connectivity index (χ1) is 6.97. The second kappa shape index (κ2) is 8.54. The lowest BCUT2D eigenvalue weighted by Gasteiger charge is -2.15. The molecule has 0 bridgehead atoms. The van der Waals surface area contributed by atoms with Gasteiger partial charge >= 0.3 is 0 Å². The number of hydrogen-bond acceptors (Lipinski definition) is 2. The van der Waals surface area contributed by atoms with Crippen molar-refractivity contribution in [2.45, 2.75) is 40.5 Å². The van der Waals surface area contributed by atoms with Gasteiger partial charge in [0.1, 0.15) is 5.82 Å². The number of nitrogens with one attached hydrogen (secondary N) is 1. The van der Waals surface area contributed by atoms with Crippen LogP contribution in [0.1, 0.15) is 39.7 Å². The predicted octanol–water partition coefficient (Wildman–Crippen LogP) is 3.49. The van der Waals surface area contributed by atoms with Gasteiger partial charge in [0.15, 0.2) is 0 Å². The maximum atomic E-state index is 4.21. The first-order valence-corrected chi connectivity index (χ1v) is 5.64. The molecule has 0 saturated heterocycles. The van der Waals surface area contributed by atoms with E-state index in [9.17, 15) is 0 Å². The Labute approximate surface area is 87.8 Å². The zero-order chi connectivity index (χ0) is 10.8. The van der Waals surface area contributed by atoms with Crippen LogP contribution in [-0.4, -0.2) is 11.5 Å². The van der Waals surface area contributed by atoms with Crippen molar-refractivity contribution in [3.05, 3.63) is 23.9 Å². The average molecular weight is 194 g/mol. The molecule has 1 aliphatic rings. The molecule has 0 fully saturated rings. The molecule has 0 unspecified atom stereocenters. The van der Waals surface area contributed by atoms with E-state index in [1.807, 2.05) is 40.0 Å². The largest absolute Gasteiger partial charge is 0.370 e. The quantitative estimate of drug-likeness (QED) is 0.684. The third-order valence-corrected chi connectivity index (χ3v) is 1.81. The van der Waals surface area contributed by atoms with Gasteiger partial charge in [0.2, 0.25) is 0 Å². The molecule has 14 heavy (non-hydrogen) atoms. The number of aryl methyl sites for hydroxylation is 1. The van der Waals surface area contributed by atoms with Crippen LogP contribution in [0, 0.1) is 0 Å². The first-order valence-electron chi connectivity index (χ1n) is 5.64.